The van der Waals surface area contributed by atoms with Crippen LogP contribution >= 0.6 is 0 Å². The van der Waals surface area contributed by atoms with Crippen molar-refractivity contribution in [2.24, 2.45) is 0 Å². The van der Waals surface area contributed by atoms with Crippen molar-refractivity contribution >= 4 is 33.9 Å². The lowest BCUT2D eigenvalue weighted by Gasteiger charge is -2.17. The molecule has 3 atom stereocenters. The molecule has 1 aromatic carbocycles. The van der Waals surface area contributed by atoms with E-state index in [9.17, 15) is 32.1 Å². The van der Waals surface area contributed by atoms with E-state index >= 15 is 0 Å². The minimum absolute atomic E-state index is 0.00908. The lowest BCUT2D eigenvalue weighted by molar-refractivity contribution is -0.306. The van der Waals surface area contributed by atoms with Gasteiger partial charge in [0.05, 0.1) is 0 Å². The first-order valence-corrected chi connectivity index (χ1v) is 9.87. The summed E-state index contributed by atoms with van der Waals surface area (Å²) in [5.41, 5.74) is -0.00908. The molecule has 1 aromatic rings. The quantitative estimate of drug-likeness (QED) is 0.425. The normalized spacial score (nSPS) is 22.9. The molecule has 0 aromatic heterocycles. The second-order valence-electron chi connectivity index (χ2n) is 6.19. The molecule has 2 N–H and O–H groups in total. The Morgan fingerprint density at radius 3 is 2.52 bits per heavy atom. The fourth-order valence-corrected chi connectivity index (χ4v) is 3.58. The zero-order valence-corrected chi connectivity index (χ0v) is 15.5. The Morgan fingerprint density at radius 1 is 1.24 bits per heavy atom. The Kier molecular flexibility index (Phi) is 5.81. The van der Waals surface area contributed by atoms with Gasteiger partial charge in [0.25, 0.3) is 10.1 Å². The number of hydrogen-bond donors (Lipinski definition) is 2. The van der Waals surface area contributed by atoms with Crippen molar-refractivity contribution < 1.29 is 46.6 Å². The van der Waals surface area contributed by atoms with Gasteiger partial charge in [-0.25, -0.2) is 9.63 Å². The Bertz CT molecular complexity index is 932. The standard InChI is InChI=1S/C16H16N2O10S/c19-12-7-6-11(27-12)16(22)28-18-15(21)10(8-26-18)17-14(20)13(29(23,24)25)9-4-2-1-3-5-9/h1-5,10-11,13H,6-8H2,(H,17,20)(H,23,24,25). The third-order valence-corrected chi connectivity index (χ3v) is 5.19. The average Bonchev–Trinajstić information content (AvgIpc) is 3.22. The van der Waals surface area contributed by atoms with Crippen LogP contribution in [0.4, 0.5) is 0 Å². The van der Waals surface area contributed by atoms with Gasteiger partial charge in [-0.2, -0.15) is 8.42 Å². The first-order valence-electron chi connectivity index (χ1n) is 8.36. The molecule has 2 aliphatic rings. The van der Waals surface area contributed by atoms with E-state index in [1.54, 1.807) is 6.07 Å². The minimum Gasteiger partial charge on any atom is -0.450 e. The van der Waals surface area contributed by atoms with E-state index in [2.05, 4.69) is 5.32 Å². The number of hydrogen-bond acceptors (Lipinski definition) is 9. The highest BCUT2D eigenvalue weighted by Gasteiger charge is 2.42. The number of benzene rings is 1. The van der Waals surface area contributed by atoms with Crippen LogP contribution in [0.5, 0.6) is 0 Å². The second kappa shape index (κ2) is 8.14. The number of amides is 2. The van der Waals surface area contributed by atoms with Crippen molar-refractivity contribution in [1.29, 1.82) is 0 Å². The Labute approximate surface area is 164 Å². The highest BCUT2D eigenvalue weighted by molar-refractivity contribution is 7.86. The first-order chi connectivity index (χ1) is 13.7. The van der Waals surface area contributed by atoms with E-state index in [1.807, 2.05) is 0 Å². The van der Waals surface area contributed by atoms with Gasteiger partial charge in [0.15, 0.2) is 5.25 Å². The molecule has 13 heteroatoms. The molecule has 12 nitrogen and oxygen atoms in total. The number of carbonyl (C=O) groups excluding carboxylic acids is 4. The fourth-order valence-electron chi connectivity index (χ4n) is 2.74. The molecular weight excluding hydrogens is 412 g/mol. The molecule has 2 fully saturated rings. The number of cyclic esters (lactones) is 1. The molecule has 0 aliphatic carbocycles. The molecule has 0 bridgehead atoms. The summed E-state index contributed by atoms with van der Waals surface area (Å²) in [5, 5.41) is 0.403. The van der Waals surface area contributed by atoms with Crippen molar-refractivity contribution in [2.45, 2.75) is 30.2 Å². The maximum absolute atomic E-state index is 12.4. The van der Waals surface area contributed by atoms with Crippen LogP contribution in [0.25, 0.3) is 0 Å². The smallest absolute Gasteiger partial charge is 0.375 e. The van der Waals surface area contributed by atoms with E-state index in [-0.39, 0.29) is 23.6 Å². The molecule has 29 heavy (non-hydrogen) atoms. The second-order valence-corrected chi connectivity index (χ2v) is 7.69. The van der Waals surface area contributed by atoms with Crippen LogP contribution < -0.4 is 5.32 Å². The zero-order chi connectivity index (χ0) is 21.2. The van der Waals surface area contributed by atoms with E-state index in [0.717, 1.165) is 0 Å². The molecule has 0 saturated carbocycles. The van der Waals surface area contributed by atoms with Gasteiger partial charge in [-0.3, -0.25) is 18.9 Å². The van der Waals surface area contributed by atoms with Crippen LogP contribution in [0.3, 0.4) is 0 Å². The predicted molar refractivity (Wildman–Crippen MR) is 90.7 cm³/mol. The summed E-state index contributed by atoms with van der Waals surface area (Å²) in [4.78, 5) is 57.2. The number of hydroxylamine groups is 2. The van der Waals surface area contributed by atoms with E-state index in [0.29, 0.717) is 0 Å². The van der Waals surface area contributed by atoms with Gasteiger partial charge in [0, 0.05) is 12.8 Å². The third kappa shape index (κ3) is 4.70. The molecule has 2 saturated heterocycles. The van der Waals surface area contributed by atoms with Crippen LogP contribution in [0, 0.1) is 0 Å². The summed E-state index contributed by atoms with van der Waals surface area (Å²) in [7, 11) is -4.84. The topological polar surface area (TPSA) is 166 Å². The SMILES string of the molecule is O=C1CCC(C(=O)ON2OCC(NC(=O)C(c3ccccc3)S(=O)(=O)O)C2=O)O1. The van der Waals surface area contributed by atoms with Crippen molar-refractivity contribution in [3.63, 3.8) is 0 Å². The van der Waals surface area contributed by atoms with Gasteiger partial charge < -0.3 is 14.9 Å². The molecule has 2 heterocycles. The number of carbonyl (C=O) groups is 4. The van der Waals surface area contributed by atoms with Crippen LogP contribution in [-0.2, 0) is 43.7 Å². The third-order valence-electron chi connectivity index (χ3n) is 4.11. The predicted octanol–water partition coefficient (Wildman–Crippen LogP) is -0.962. The zero-order valence-electron chi connectivity index (χ0n) is 14.7. The first kappa shape index (κ1) is 20.7. The number of nitrogens with one attached hydrogen (secondary N) is 1. The highest BCUT2D eigenvalue weighted by Crippen LogP contribution is 2.23. The van der Waals surface area contributed by atoms with Gasteiger partial charge in [0.2, 0.25) is 12.0 Å². The van der Waals surface area contributed by atoms with Gasteiger partial charge in [-0.15, -0.1) is 0 Å². The summed E-state index contributed by atoms with van der Waals surface area (Å²) < 4.78 is 37.5. The van der Waals surface area contributed by atoms with E-state index in [4.69, 9.17) is 14.4 Å². The van der Waals surface area contributed by atoms with E-state index < -0.39 is 57.9 Å². The molecule has 3 unspecified atom stereocenters. The van der Waals surface area contributed by atoms with Crippen LogP contribution in [0.2, 0.25) is 0 Å². The van der Waals surface area contributed by atoms with Crippen LogP contribution in [0.1, 0.15) is 23.7 Å². The Morgan fingerprint density at radius 2 is 1.93 bits per heavy atom. The number of nitrogens with zero attached hydrogens (tertiary/aromatic N) is 1. The Balaban J connectivity index is 1.64. The number of rotatable bonds is 6. The van der Waals surface area contributed by atoms with E-state index in [1.165, 1.54) is 24.3 Å². The van der Waals surface area contributed by atoms with Crippen LogP contribution in [0.15, 0.2) is 30.3 Å². The molecule has 156 valence electrons. The van der Waals surface area contributed by atoms with Crippen LogP contribution in [-0.4, -0.2) is 60.7 Å². The van der Waals surface area contributed by atoms with Crippen molar-refractivity contribution in [1.82, 2.24) is 10.5 Å². The largest absolute Gasteiger partial charge is 0.450 e. The van der Waals surface area contributed by atoms with Crippen molar-refractivity contribution in [3.05, 3.63) is 35.9 Å². The van der Waals surface area contributed by atoms with Gasteiger partial charge in [0.1, 0.15) is 12.6 Å². The monoisotopic (exact) mass is 428 g/mol. The highest BCUT2D eigenvalue weighted by atomic mass is 32.2. The summed E-state index contributed by atoms with van der Waals surface area (Å²) in [5.74, 6) is -3.77. The fraction of sp³-hybridized carbons (Fsp3) is 0.375. The van der Waals surface area contributed by atoms with Gasteiger partial charge >= 0.3 is 17.8 Å². The summed E-state index contributed by atoms with van der Waals surface area (Å²) >= 11 is 0. The lowest BCUT2D eigenvalue weighted by Crippen LogP contribution is -2.46. The maximum Gasteiger partial charge on any atom is 0.375 e. The van der Waals surface area contributed by atoms with Crippen molar-refractivity contribution in [3.8, 4) is 0 Å². The summed E-state index contributed by atoms with van der Waals surface area (Å²) in [6.45, 7) is -0.449. The molecule has 2 amide bonds. The number of ether oxygens (including phenoxy) is 1. The minimum atomic E-state index is -4.84. The molecule has 0 radical (unpaired) electrons. The average molecular weight is 428 g/mol. The van der Waals surface area contributed by atoms with Crippen molar-refractivity contribution in [2.75, 3.05) is 6.61 Å². The molecular formula is C16H16N2O10S. The van der Waals surface area contributed by atoms with Gasteiger partial charge in [-0.1, -0.05) is 30.3 Å². The lowest BCUT2D eigenvalue weighted by atomic mass is 10.1. The summed E-state index contributed by atoms with van der Waals surface area (Å²) in [6, 6.07) is 5.81. The Hall–Kier alpha value is -3.03. The molecule has 0 spiro atoms. The molecule has 3 rings (SSSR count). The summed E-state index contributed by atoms with van der Waals surface area (Å²) in [6.07, 6.45) is -1.05. The number of esters is 1. The molecule has 2 aliphatic heterocycles. The van der Waals surface area contributed by atoms with Gasteiger partial charge in [-0.05, 0) is 10.8 Å². The maximum atomic E-state index is 12.4.